The van der Waals surface area contributed by atoms with Crippen LogP contribution in [0.1, 0.15) is 0 Å². The molecular weight excluding hydrogens is 240 g/mol. The first kappa shape index (κ1) is 11.6. The van der Waals surface area contributed by atoms with Crippen molar-refractivity contribution >= 4 is 33.8 Å². The maximum Gasteiger partial charge on any atom is 0.333 e. The van der Waals surface area contributed by atoms with Gasteiger partial charge >= 0.3 is 6.03 Å². The number of primary amides is 1. The van der Waals surface area contributed by atoms with E-state index in [-0.39, 0.29) is 0 Å². The summed E-state index contributed by atoms with van der Waals surface area (Å²) >= 11 is -2.48. The monoisotopic (exact) mass is 250 g/mol. The van der Waals surface area contributed by atoms with Crippen LogP contribution in [0.4, 0.5) is 10.5 Å². The Balaban J connectivity index is 2.69. The number of urea groups is 1. The fourth-order valence-corrected chi connectivity index (χ4v) is 2.15. The van der Waals surface area contributed by atoms with Crippen molar-refractivity contribution in [3.63, 3.8) is 0 Å². The molecule has 88 valence electrons. The van der Waals surface area contributed by atoms with Gasteiger partial charge in [-0.2, -0.15) is 4.31 Å². The molecule has 0 saturated heterocycles. The Morgan fingerprint density at radius 3 is 2.47 bits per heavy atom. The summed E-state index contributed by atoms with van der Waals surface area (Å²) in [6.07, 6.45) is 0. The first-order valence-electron chi connectivity index (χ1n) is 4.79. The molecule has 1 atom stereocenters. The van der Waals surface area contributed by atoms with Crippen LogP contribution in [0.15, 0.2) is 42.5 Å². The van der Waals surface area contributed by atoms with Crippen LogP contribution in [0.5, 0.6) is 0 Å². The van der Waals surface area contributed by atoms with Crippen LogP contribution >= 0.6 is 0 Å². The smallest absolute Gasteiger partial charge is 0.333 e. The molecule has 1 unspecified atom stereocenters. The topological polar surface area (TPSA) is 83.6 Å². The highest BCUT2D eigenvalue weighted by Crippen LogP contribution is 2.27. The molecule has 0 radical (unpaired) electrons. The van der Waals surface area contributed by atoms with Crippen LogP contribution < -0.4 is 10.0 Å². The first-order chi connectivity index (χ1) is 8.11. The molecular formula is C11H10N2O3S. The Labute approximate surface area is 100 Å². The number of amides is 2. The average Bonchev–Trinajstić information content (AvgIpc) is 2.28. The third-order valence-electron chi connectivity index (χ3n) is 2.34. The maximum absolute atomic E-state index is 11.2. The normalized spacial score (nSPS) is 12.3. The predicted octanol–water partition coefficient (Wildman–Crippen LogP) is 1.86. The molecule has 6 heteroatoms. The Morgan fingerprint density at radius 1 is 1.18 bits per heavy atom. The summed E-state index contributed by atoms with van der Waals surface area (Å²) in [6.45, 7) is 0. The molecule has 0 spiro atoms. The van der Waals surface area contributed by atoms with E-state index in [9.17, 15) is 9.00 Å². The Hall–Kier alpha value is -1.92. The van der Waals surface area contributed by atoms with Gasteiger partial charge in [0.1, 0.15) is 0 Å². The fourth-order valence-electron chi connectivity index (χ4n) is 1.67. The van der Waals surface area contributed by atoms with Gasteiger partial charge in [-0.3, -0.25) is 4.55 Å². The van der Waals surface area contributed by atoms with E-state index in [1.165, 1.54) is 0 Å². The SMILES string of the molecule is NC(=O)N(c1cccc2ccccc12)S(=O)O. The average molecular weight is 250 g/mol. The summed E-state index contributed by atoms with van der Waals surface area (Å²) in [5.41, 5.74) is 5.41. The molecule has 0 aliphatic heterocycles. The fraction of sp³-hybridized carbons (Fsp3) is 0. The molecule has 2 aromatic carbocycles. The third kappa shape index (κ3) is 2.13. The van der Waals surface area contributed by atoms with Crippen molar-refractivity contribution < 1.29 is 13.6 Å². The Morgan fingerprint density at radius 2 is 1.82 bits per heavy atom. The number of nitrogens with two attached hydrogens (primary N) is 1. The summed E-state index contributed by atoms with van der Waals surface area (Å²) in [7, 11) is 0. The van der Waals surface area contributed by atoms with Crippen molar-refractivity contribution in [1.29, 1.82) is 0 Å². The van der Waals surface area contributed by atoms with E-state index >= 15 is 0 Å². The summed E-state index contributed by atoms with van der Waals surface area (Å²) in [5, 5.41) is 1.55. The zero-order chi connectivity index (χ0) is 12.4. The van der Waals surface area contributed by atoms with E-state index in [1.807, 2.05) is 18.2 Å². The molecule has 0 fully saturated rings. The largest absolute Gasteiger partial charge is 0.350 e. The lowest BCUT2D eigenvalue weighted by molar-refractivity contribution is 0.257. The van der Waals surface area contributed by atoms with Gasteiger partial charge in [0, 0.05) is 5.39 Å². The number of benzene rings is 2. The van der Waals surface area contributed by atoms with E-state index in [4.69, 9.17) is 10.3 Å². The zero-order valence-electron chi connectivity index (χ0n) is 8.74. The molecule has 5 nitrogen and oxygen atoms in total. The second-order valence-electron chi connectivity index (χ2n) is 3.36. The summed E-state index contributed by atoms with van der Waals surface area (Å²) in [5.74, 6) is 0. The van der Waals surface area contributed by atoms with E-state index in [0.717, 1.165) is 5.39 Å². The summed E-state index contributed by atoms with van der Waals surface area (Å²) in [4.78, 5) is 11.2. The molecule has 0 bridgehead atoms. The lowest BCUT2D eigenvalue weighted by atomic mass is 10.1. The Kier molecular flexibility index (Phi) is 3.08. The second kappa shape index (κ2) is 4.52. The zero-order valence-corrected chi connectivity index (χ0v) is 9.55. The molecule has 0 heterocycles. The highest BCUT2D eigenvalue weighted by molar-refractivity contribution is 7.81. The van der Waals surface area contributed by atoms with Crippen molar-refractivity contribution in [3.8, 4) is 0 Å². The van der Waals surface area contributed by atoms with E-state index in [1.54, 1.807) is 24.3 Å². The number of hydrogen-bond donors (Lipinski definition) is 2. The first-order valence-corrected chi connectivity index (χ1v) is 5.86. The number of rotatable bonds is 2. The molecule has 0 aliphatic rings. The van der Waals surface area contributed by atoms with Gasteiger partial charge in [-0.15, -0.1) is 0 Å². The molecule has 2 rings (SSSR count). The second-order valence-corrected chi connectivity index (χ2v) is 4.19. The van der Waals surface area contributed by atoms with Crippen LogP contribution in [0, 0.1) is 0 Å². The van der Waals surface area contributed by atoms with Crippen LogP contribution in [0.25, 0.3) is 10.8 Å². The van der Waals surface area contributed by atoms with Gasteiger partial charge in [-0.05, 0) is 11.5 Å². The van der Waals surface area contributed by atoms with Crippen molar-refractivity contribution in [2.75, 3.05) is 4.31 Å². The minimum Gasteiger partial charge on any atom is -0.350 e. The lowest BCUT2D eigenvalue weighted by Gasteiger charge is -2.17. The molecule has 0 aromatic heterocycles. The van der Waals surface area contributed by atoms with Gasteiger partial charge in [0.05, 0.1) is 5.69 Å². The summed E-state index contributed by atoms with van der Waals surface area (Å²) < 4.78 is 20.9. The number of nitrogens with zero attached hydrogens (tertiary/aromatic N) is 1. The van der Waals surface area contributed by atoms with Gasteiger partial charge in [-0.1, -0.05) is 36.4 Å². The molecule has 3 N–H and O–H groups in total. The van der Waals surface area contributed by atoms with E-state index in [2.05, 4.69) is 0 Å². The standard InChI is InChI=1S/C11H10N2O3S/c12-11(14)13(17(15)16)10-7-3-5-8-4-1-2-6-9(8)10/h1-7H,(H2,12,14)(H,15,16). The van der Waals surface area contributed by atoms with Gasteiger partial charge < -0.3 is 5.73 Å². The van der Waals surface area contributed by atoms with Gasteiger partial charge in [0.15, 0.2) is 0 Å². The third-order valence-corrected chi connectivity index (χ3v) is 3.03. The number of hydrogen-bond acceptors (Lipinski definition) is 2. The van der Waals surface area contributed by atoms with Crippen molar-refractivity contribution in [1.82, 2.24) is 0 Å². The minimum absolute atomic E-state index is 0.316. The highest BCUT2D eigenvalue weighted by Gasteiger charge is 2.20. The van der Waals surface area contributed by atoms with E-state index in [0.29, 0.717) is 15.4 Å². The molecule has 17 heavy (non-hydrogen) atoms. The van der Waals surface area contributed by atoms with Crippen molar-refractivity contribution in [3.05, 3.63) is 42.5 Å². The van der Waals surface area contributed by atoms with Gasteiger partial charge in [0.2, 0.25) is 0 Å². The van der Waals surface area contributed by atoms with Crippen LogP contribution in [0.3, 0.4) is 0 Å². The minimum atomic E-state index is -2.48. The number of fused-ring (bicyclic) bond motifs is 1. The Bertz CT molecular complexity index is 581. The highest BCUT2D eigenvalue weighted by atomic mass is 32.2. The molecule has 0 aliphatic carbocycles. The quantitative estimate of drug-likeness (QED) is 0.798. The molecule has 0 saturated carbocycles. The predicted molar refractivity (Wildman–Crippen MR) is 66.8 cm³/mol. The number of carbonyl (C=O) groups is 1. The van der Waals surface area contributed by atoms with Gasteiger partial charge in [0.25, 0.3) is 11.3 Å². The van der Waals surface area contributed by atoms with Crippen LogP contribution in [-0.2, 0) is 11.3 Å². The van der Waals surface area contributed by atoms with Crippen molar-refractivity contribution in [2.45, 2.75) is 0 Å². The lowest BCUT2D eigenvalue weighted by Crippen LogP contribution is -2.37. The van der Waals surface area contributed by atoms with Crippen LogP contribution in [-0.4, -0.2) is 14.8 Å². The number of anilines is 1. The van der Waals surface area contributed by atoms with Crippen molar-refractivity contribution in [2.24, 2.45) is 5.73 Å². The van der Waals surface area contributed by atoms with Crippen LogP contribution in [0.2, 0.25) is 0 Å². The number of carbonyl (C=O) groups excluding carboxylic acids is 1. The molecule has 2 amide bonds. The molecule has 2 aromatic rings. The van der Waals surface area contributed by atoms with Gasteiger partial charge in [-0.25, -0.2) is 9.00 Å². The van der Waals surface area contributed by atoms with E-state index < -0.39 is 17.3 Å². The summed E-state index contributed by atoms with van der Waals surface area (Å²) in [6, 6.07) is 11.4. The maximum atomic E-state index is 11.2.